The van der Waals surface area contributed by atoms with Crippen LogP contribution >= 0.6 is 0 Å². The van der Waals surface area contributed by atoms with Crippen LogP contribution in [0.3, 0.4) is 0 Å². The zero-order valence-electron chi connectivity index (χ0n) is 13.1. The Hall–Kier alpha value is -2.03. The molecule has 0 aliphatic heterocycles. The van der Waals surface area contributed by atoms with Crippen molar-refractivity contribution in [2.24, 2.45) is 0 Å². The van der Waals surface area contributed by atoms with Gasteiger partial charge in [-0.25, -0.2) is 4.79 Å². The number of carboxylic acids is 1. The summed E-state index contributed by atoms with van der Waals surface area (Å²) in [5, 5.41) is 12.2. The van der Waals surface area contributed by atoms with Crippen molar-refractivity contribution in [1.82, 2.24) is 0 Å². The molecular formula is C18H25NO2. The van der Waals surface area contributed by atoms with Crippen LogP contribution in [0.2, 0.25) is 0 Å². The Labute approximate surface area is 127 Å². The van der Waals surface area contributed by atoms with Crippen molar-refractivity contribution in [2.75, 3.05) is 11.9 Å². The first-order valence-corrected chi connectivity index (χ1v) is 7.41. The van der Waals surface area contributed by atoms with Gasteiger partial charge in [-0.2, -0.15) is 0 Å². The quantitative estimate of drug-likeness (QED) is 0.670. The Kier molecular flexibility index (Phi) is 7.30. The van der Waals surface area contributed by atoms with E-state index >= 15 is 0 Å². The number of nitrogens with one attached hydrogen (secondary N) is 1. The van der Waals surface area contributed by atoms with E-state index in [2.05, 4.69) is 38.2 Å². The fraction of sp³-hybridized carbons (Fsp3) is 0.389. The number of carbonyl (C=O) groups is 1. The molecule has 0 aliphatic carbocycles. The van der Waals surface area contributed by atoms with Crippen LogP contribution in [0.1, 0.15) is 50.4 Å². The van der Waals surface area contributed by atoms with Gasteiger partial charge in [0.15, 0.2) is 0 Å². The van der Waals surface area contributed by atoms with Gasteiger partial charge in [-0.3, -0.25) is 0 Å². The van der Waals surface area contributed by atoms with Gasteiger partial charge in [0.05, 0.1) is 5.56 Å². The van der Waals surface area contributed by atoms with Crippen molar-refractivity contribution in [3.05, 3.63) is 53.1 Å². The van der Waals surface area contributed by atoms with E-state index in [1.807, 2.05) is 6.07 Å². The van der Waals surface area contributed by atoms with Gasteiger partial charge in [0.25, 0.3) is 0 Å². The van der Waals surface area contributed by atoms with E-state index in [1.165, 1.54) is 11.1 Å². The van der Waals surface area contributed by atoms with Crippen molar-refractivity contribution in [2.45, 2.75) is 40.0 Å². The summed E-state index contributed by atoms with van der Waals surface area (Å²) in [6.45, 7) is 7.18. The third-order valence-corrected chi connectivity index (χ3v) is 3.46. The van der Waals surface area contributed by atoms with Gasteiger partial charge in [0.2, 0.25) is 0 Å². The molecule has 0 unspecified atom stereocenters. The monoisotopic (exact) mass is 287 g/mol. The van der Waals surface area contributed by atoms with E-state index < -0.39 is 5.97 Å². The maximum absolute atomic E-state index is 10.9. The average molecular weight is 287 g/mol. The van der Waals surface area contributed by atoms with Crippen LogP contribution in [0.15, 0.2) is 47.6 Å². The van der Waals surface area contributed by atoms with Gasteiger partial charge in [0, 0.05) is 12.2 Å². The number of carboxylic acid groups (broad SMARTS) is 1. The lowest BCUT2D eigenvalue weighted by Crippen LogP contribution is -2.02. The molecule has 1 aromatic carbocycles. The van der Waals surface area contributed by atoms with Gasteiger partial charge >= 0.3 is 5.97 Å². The third-order valence-electron chi connectivity index (χ3n) is 3.46. The third kappa shape index (κ3) is 6.80. The van der Waals surface area contributed by atoms with Crippen molar-refractivity contribution in [3.8, 4) is 0 Å². The van der Waals surface area contributed by atoms with Crippen LogP contribution in [0.5, 0.6) is 0 Å². The lowest BCUT2D eigenvalue weighted by molar-refractivity contribution is 0.0697. The molecule has 0 aromatic heterocycles. The molecule has 0 atom stereocenters. The van der Waals surface area contributed by atoms with Crippen LogP contribution in [0.25, 0.3) is 0 Å². The standard InChI is InChI=1S/C18H25NO2/c1-4-14(2)7-5-8-15(3)11-12-19-17-10-6-9-16(13-17)18(20)21/h6-7,9-11,13,19H,4-5,8,12H2,1-3H3,(H,20,21). The molecule has 0 radical (unpaired) electrons. The first-order valence-electron chi connectivity index (χ1n) is 7.41. The Morgan fingerprint density at radius 2 is 2.00 bits per heavy atom. The molecular weight excluding hydrogens is 262 g/mol. The molecule has 0 heterocycles. The van der Waals surface area contributed by atoms with Crippen LogP contribution in [0, 0.1) is 0 Å². The predicted octanol–water partition coefficient (Wildman–Crippen LogP) is 4.88. The number of rotatable bonds is 8. The van der Waals surface area contributed by atoms with Crippen molar-refractivity contribution in [3.63, 3.8) is 0 Å². The number of benzene rings is 1. The summed E-state index contributed by atoms with van der Waals surface area (Å²) in [6.07, 6.45) is 7.71. The number of allylic oxidation sites excluding steroid dienone is 3. The maximum atomic E-state index is 10.9. The molecule has 0 aliphatic rings. The second-order valence-corrected chi connectivity index (χ2v) is 5.26. The van der Waals surface area contributed by atoms with Crippen LogP contribution in [-0.4, -0.2) is 17.6 Å². The maximum Gasteiger partial charge on any atom is 0.335 e. The summed E-state index contributed by atoms with van der Waals surface area (Å²) in [5.74, 6) is -0.900. The smallest absolute Gasteiger partial charge is 0.335 e. The summed E-state index contributed by atoms with van der Waals surface area (Å²) >= 11 is 0. The number of aromatic carboxylic acids is 1. The van der Waals surface area contributed by atoms with Crippen molar-refractivity contribution < 1.29 is 9.90 Å². The number of anilines is 1. The minimum absolute atomic E-state index is 0.306. The number of hydrogen-bond donors (Lipinski definition) is 2. The molecule has 0 amide bonds. The van der Waals surface area contributed by atoms with E-state index in [4.69, 9.17) is 5.11 Å². The summed E-state index contributed by atoms with van der Waals surface area (Å²) in [6, 6.07) is 6.87. The van der Waals surface area contributed by atoms with Gasteiger partial charge in [-0.15, -0.1) is 0 Å². The molecule has 0 saturated carbocycles. The fourth-order valence-electron chi connectivity index (χ4n) is 1.90. The highest BCUT2D eigenvalue weighted by atomic mass is 16.4. The summed E-state index contributed by atoms with van der Waals surface area (Å²) in [4.78, 5) is 10.9. The molecule has 21 heavy (non-hydrogen) atoms. The van der Waals surface area contributed by atoms with Crippen LogP contribution in [0.4, 0.5) is 5.69 Å². The fourth-order valence-corrected chi connectivity index (χ4v) is 1.90. The van der Waals surface area contributed by atoms with Crippen molar-refractivity contribution in [1.29, 1.82) is 0 Å². The van der Waals surface area contributed by atoms with Gasteiger partial charge in [-0.1, -0.05) is 36.3 Å². The molecule has 1 aromatic rings. The second kappa shape index (κ2) is 9.01. The molecule has 0 saturated heterocycles. The highest BCUT2D eigenvalue weighted by Gasteiger charge is 2.02. The van der Waals surface area contributed by atoms with Crippen LogP contribution < -0.4 is 5.32 Å². The Balaban J connectivity index is 2.43. The van der Waals surface area contributed by atoms with Gasteiger partial charge < -0.3 is 10.4 Å². The normalized spacial score (nSPS) is 12.3. The van der Waals surface area contributed by atoms with Gasteiger partial charge in [-0.05, 0) is 51.3 Å². The highest BCUT2D eigenvalue weighted by molar-refractivity contribution is 5.88. The largest absolute Gasteiger partial charge is 0.478 e. The summed E-state index contributed by atoms with van der Waals surface area (Å²) < 4.78 is 0. The van der Waals surface area contributed by atoms with E-state index in [0.29, 0.717) is 12.1 Å². The Morgan fingerprint density at radius 1 is 1.24 bits per heavy atom. The van der Waals surface area contributed by atoms with E-state index in [0.717, 1.165) is 24.9 Å². The summed E-state index contributed by atoms with van der Waals surface area (Å²) in [5.41, 5.74) is 3.92. The minimum atomic E-state index is -0.900. The SMILES string of the molecule is CCC(C)=CCCC(C)=CCNc1cccc(C(=O)O)c1. The molecule has 114 valence electrons. The minimum Gasteiger partial charge on any atom is -0.478 e. The zero-order valence-corrected chi connectivity index (χ0v) is 13.1. The second-order valence-electron chi connectivity index (χ2n) is 5.26. The van der Waals surface area contributed by atoms with E-state index in [-0.39, 0.29) is 0 Å². The first kappa shape index (κ1) is 17.0. The molecule has 1 rings (SSSR count). The lowest BCUT2D eigenvalue weighted by atomic mass is 10.1. The Morgan fingerprint density at radius 3 is 2.67 bits per heavy atom. The van der Waals surface area contributed by atoms with Crippen molar-refractivity contribution >= 4 is 11.7 Å². The Bertz CT molecular complexity index is 530. The molecule has 0 spiro atoms. The highest BCUT2D eigenvalue weighted by Crippen LogP contribution is 2.11. The average Bonchev–Trinajstić information content (AvgIpc) is 2.47. The van der Waals surface area contributed by atoms with E-state index in [9.17, 15) is 4.79 Å². The van der Waals surface area contributed by atoms with Gasteiger partial charge in [0.1, 0.15) is 0 Å². The first-order chi connectivity index (χ1) is 10.0. The zero-order chi connectivity index (χ0) is 15.7. The predicted molar refractivity (Wildman–Crippen MR) is 88.9 cm³/mol. The van der Waals surface area contributed by atoms with E-state index in [1.54, 1.807) is 18.2 Å². The molecule has 0 bridgehead atoms. The van der Waals surface area contributed by atoms with Crippen LogP contribution in [-0.2, 0) is 0 Å². The number of hydrogen-bond acceptors (Lipinski definition) is 2. The topological polar surface area (TPSA) is 49.3 Å². The lowest BCUT2D eigenvalue weighted by Gasteiger charge is -2.05. The molecule has 3 heteroatoms. The molecule has 3 nitrogen and oxygen atoms in total. The summed E-state index contributed by atoms with van der Waals surface area (Å²) in [7, 11) is 0. The molecule has 2 N–H and O–H groups in total. The molecule has 0 fully saturated rings.